The molecule has 1 heterocycles. The minimum Gasteiger partial charge on any atom is -0.481 e. The number of carboxylic acids is 1. The fraction of sp³-hybridized carbons (Fsp3) is 0.353. The number of nitrogens with one attached hydrogen (secondary N) is 1. The van der Waals surface area contributed by atoms with Crippen LogP contribution >= 0.6 is 0 Å². The van der Waals surface area contributed by atoms with Crippen LogP contribution in [0.25, 0.3) is 5.69 Å². The van der Waals surface area contributed by atoms with Crippen molar-refractivity contribution in [2.24, 2.45) is 5.41 Å². The molecule has 0 bridgehead atoms. The number of aryl methyl sites for hydroxylation is 1. The van der Waals surface area contributed by atoms with Gasteiger partial charge in [-0.3, -0.25) is 9.59 Å². The van der Waals surface area contributed by atoms with Crippen LogP contribution in [0.2, 0.25) is 0 Å². The molecule has 0 unspecified atom stereocenters. The van der Waals surface area contributed by atoms with Gasteiger partial charge in [0.2, 0.25) is 0 Å². The molecule has 1 aromatic carbocycles. The number of carbonyl (C=O) groups is 2. The molecule has 6 nitrogen and oxygen atoms in total. The van der Waals surface area contributed by atoms with E-state index < -0.39 is 11.4 Å². The van der Waals surface area contributed by atoms with Crippen LogP contribution in [0.15, 0.2) is 36.5 Å². The third-order valence-corrected chi connectivity index (χ3v) is 3.78. The number of rotatable bonds is 6. The first-order chi connectivity index (χ1) is 10.8. The molecule has 0 aliphatic rings. The molecule has 2 rings (SSSR count). The summed E-state index contributed by atoms with van der Waals surface area (Å²) in [6.45, 7) is 5.35. The Morgan fingerprint density at radius 2 is 1.91 bits per heavy atom. The van der Waals surface area contributed by atoms with Crippen molar-refractivity contribution in [2.75, 3.05) is 6.54 Å². The van der Waals surface area contributed by atoms with Gasteiger partial charge < -0.3 is 10.4 Å². The van der Waals surface area contributed by atoms with Crippen LogP contribution in [0, 0.1) is 12.3 Å². The van der Waals surface area contributed by atoms with E-state index >= 15 is 0 Å². The first-order valence-corrected chi connectivity index (χ1v) is 7.44. The van der Waals surface area contributed by atoms with Gasteiger partial charge in [-0.1, -0.05) is 18.2 Å². The number of amides is 1. The number of benzene rings is 1. The van der Waals surface area contributed by atoms with Crippen molar-refractivity contribution in [3.63, 3.8) is 0 Å². The van der Waals surface area contributed by atoms with E-state index in [1.807, 2.05) is 30.3 Å². The number of nitrogens with zero attached hydrogens (tertiary/aromatic N) is 2. The SMILES string of the molecule is Cc1nn(-c2ccccc2)cc1C(=O)NCCC(C)(C)C(=O)O. The Bertz CT molecular complexity index is 705. The van der Waals surface area contributed by atoms with Gasteiger partial charge in [0, 0.05) is 12.7 Å². The van der Waals surface area contributed by atoms with Crippen LogP contribution in [0.4, 0.5) is 0 Å². The second-order valence-electron chi connectivity index (χ2n) is 6.10. The monoisotopic (exact) mass is 315 g/mol. The summed E-state index contributed by atoms with van der Waals surface area (Å²) in [5, 5.41) is 16.2. The summed E-state index contributed by atoms with van der Waals surface area (Å²) in [4.78, 5) is 23.3. The summed E-state index contributed by atoms with van der Waals surface area (Å²) in [5.41, 5.74) is 1.13. The average Bonchev–Trinajstić information content (AvgIpc) is 2.90. The highest BCUT2D eigenvalue weighted by atomic mass is 16.4. The number of aliphatic carboxylic acids is 1. The van der Waals surface area contributed by atoms with Gasteiger partial charge in [0.1, 0.15) is 0 Å². The lowest BCUT2D eigenvalue weighted by Crippen LogP contribution is -2.32. The molecule has 6 heteroatoms. The Balaban J connectivity index is 2.03. The van der Waals surface area contributed by atoms with Gasteiger partial charge in [-0.15, -0.1) is 0 Å². The van der Waals surface area contributed by atoms with Gasteiger partial charge in [-0.2, -0.15) is 5.10 Å². The highest BCUT2D eigenvalue weighted by molar-refractivity contribution is 5.95. The van der Waals surface area contributed by atoms with Crippen LogP contribution in [-0.4, -0.2) is 33.3 Å². The van der Waals surface area contributed by atoms with Crippen molar-refractivity contribution in [3.05, 3.63) is 47.8 Å². The lowest BCUT2D eigenvalue weighted by atomic mass is 9.90. The fourth-order valence-corrected chi connectivity index (χ4v) is 2.09. The van der Waals surface area contributed by atoms with Crippen molar-refractivity contribution in [2.45, 2.75) is 27.2 Å². The molecule has 23 heavy (non-hydrogen) atoms. The largest absolute Gasteiger partial charge is 0.481 e. The number of para-hydroxylation sites is 1. The second kappa shape index (κ2) is 6.64. The molecule has 0 radical (unpaired) electrons. The van der Waals surface area contributed by atoms with E-state index in [0.29, 0.717) is 24.2 Å². The quantitative estimate of drug-likeness (QED) is 0.857. The minimum atomic E-state index is -0.875. The molecule has 1 aromatic heterocycles. The average molecular weight is 315 g/mol. The van der Waals surface area contributed by atoms with Gasteiger partial charge in [0.25, 0.3) is 5.91 Å². The minimum absolute atomic E-state index is 0.245. The van der Waals surface area contributed by atoms with E-state index in [2.05, 4.69) is 10.4 Å². The standard InChI is InChI=1S/C17H21N3O3/c1-12-14(11-20(19-12)13-7-5-4-6-8-13)15(21)18-10-9-17(2,3)16(22)23/h4-8,11H,9-10H2,1-3H3,(H,18,21)(H,22,23). The lowest BCUT2D eigenvalue weighted by molar-refractivity contribution is -0.147. The summed E-state index contributed by atoms with van der Waals surface area (Å²) in [7, 11) is 0. The zero-order valence-corrected chi connectivity index (χ0v) is 13.5. The highest BCUT2D eigenvalue weighted by Gasteiger charge is 2.26. The highest BCUT2D eigenvalue weighted by Crippen LogP contribution is 2.19. The molecule has 122 valence electrons. The summed E-state index contributed by atoms with van der Waals surface area (Å²) in [5.74, 6) is -1.12. The van der Waals surface area contributed by atoms with Crippen LogP contribution < -0.4 is 5.32 Å². The molecule has 0 saturated heterocycles. The van der Waals surface area contributed by atoms with Crippen molar-refractivity contribution in [1.82, 2.24) is 15.1 Å². The Morgan fingerprint density at radius 1 is 1.26 bits per heavy atom. The zero-order chi connectivity index (χ0) is 17.0. The Kier molecular flexibility index (Phi) is 4.83. The normalized spacial score (nSPS) is 11.3. The fourth-order valence-electron chi connectivity index (χ4n) is 2.09. The molecule has 0 atom stereocenters. The lowest BCUT2D eigenvalue weighted by Gasteiger charge is -2.18. The molecule has 0 saturated carbocycles. The smallest absolute Gasteiger partial charge is 0.309 e. The number of hydrogen-bond acceptors (Lipinski definition) is 3. The molecule has 0 fully saturated rings. The van der Waals surface area contributed by atoms with Crippen molar-refractivity contribution < 1.29 is 14.7 Å². The first-order valence-electron chi connectivity index (χ1n) is 7.44. The summed E-state index contributed by atoms with van der Waals surface area (Å²) in [6.07, 6.45) is 2.04. The maximum atomic E-state index is 12.3. The topological polar surface area (TPSA) is 84.2 Å². The number of hydrogen-bond donors (Lipinski definition) is 2. The maximum absolute atomic E-state index is 12.3. The van der Waals surface area contributed by atoms with Gasteiger partial charge in [0.05, 0.1) is 22.4 Å². The molecule has 2 N–H and O–H groups in total. The Hall–Kier alpha value is -2.63. The third kappa shape index (κ3) is 3.97. The third-order valence-electron chi connectivity index (χ3n) is 3.78. The van der Waals surface area contributed by atoms with Crippen LogP contribution in [0.3, 0.4) is 0 Å². The van der Waals surface area contributed by atoms with Crippen molar-refractivity contribution >= 4 is 11.9 Å². The summed E-state index contributed by atoms with van der Waals surface area (Å²) in [6, 6.07) is 9.53. The van der Waals surface area contributed by atoms with E-state index in [-0.39, 0.29) is 5.91 Å². The number of aromatic nitrogens is 2. The van der Waals surface area contributed by atoms with Crippen LogP contribution in [0.5, 0.6) is 0 Å². The van der Waals surface area contributed by atoms with Crippen LogP contribution in [0.1, 0.15) is 36.3 Å². The molecule has 0 aliphatic heterocycles. The van der Waals surface area contributed by atoms with Crippen molar-refractivity contribution in [1.29, 1.82) is 0 Å². The van der Waals surface area contributed by atoms with Crippen LogP contribution in [-0.2, 0) is 4.79 Å². The van der Waals surface area contributed by atoms with E-state index in [9.17, 15) is 9.59 Å². The molecular formula is C17H21N3O3. The van der Waals surface area contributed by atoms with E-state index in [1.165, 1.54) is 0 Å². The predicted octanol–water partition coefficient (Wildman–Crippen LogP) is 2.41. The molecule has 1 amide bonds. The molecule has 0 aliphatic carbocycles. The van der Waals surface area contributed by atoms with Gasteiger partial charge in [-0.25, -0.2) is 4.68 Å². The van der Waals surface area contributed by atoms with Gasteiger partial charge >= 0.3 is 5.97 Å². The predicted molar refractivity (Wildman–Crippen MR) is 86.7 cm³/mol. The van der Waals surface area contributed by atoms with Crippen molar-refractivity contribution in [3.8, 4) is 5.69 Å². The Labute approximate surface area is 135 Å². The molecule has 2 aromatic rings. The summed E-state index contributed by atoms with van der Waals surface area (Å²) < 4.78 is 1.66. The summed E-state index contributed by atoms with van der Waals surface area (Å²) >= 11 is 0. The maximum Gasteiger partial charge on any atom is 0.309 e. The van der Waals surface area contributed by atoms with E-state index in [4.69, 9.17) is 5.11 Å². The number of carbonyl (C=O) groups excluding carboxylic acids is 1. The molecular weight excluding hydrogens is 294 g/mol. The second-order valence-corrected chi connectivity index (χ2v) is 6.10. The van der Waals surface area contributed by atoms with E-state index in [1.54, 1.807) is 31.6 Å². The van der Waals surface area contributed by atoms with E-state index in [0.717, 1.165) is 5.69 Å². The van der Waals surface area contributed by atoms with Gasteiger partial charge in [0.15, 0.2) is 0 Å². The molecule has 0 spiro atoms. The van der Waals surface area contributed by atoms with Gasteiger partial charge in [-0.05, 0) is 39.3 Å². The zero-order valence-electron chi connectivity index (χ0n) is 13.5. The Morgan fingerprint density at radius 3 is 2.52 bits per heavy atom. The number of carboxylic acid groups (broad SMARTS) is 1. The first kappa shape index (κ1) is 16.7.